The van der Waals surface area contributed by atoms with Gasteiger partial charge < -0.3 is 76.2 Å². The van der Waals surface area contributed by atoms with Crippen LogP contribution in [0.3, 0.4) is 0 Å². The van der Waals surface area contributed by atoms with Crippen molar-refractivity contribution in [1.82, 2.24) is 0 Å². The summed E-state index contributed by atoms with van der Waals surface area (Å²) in [6.45, 7) is 4.48. The molecule has 0 spiro atoms. The molecule has 5 aromatic carbocycles. The molecule has 21 nitrogen and oxygen atoms in total. The molecule has 4 fully saturated rings. The van der Waals surface area contributed by atoms with E-state index in [0.717, 1.165) is 55.7 Å². The molecule has 0 aliphatic carbocycles. The predicted octanol–water partition coefficient (Wildman–Crippen LogP) is 6.84. The molecule has 4 saturated heterocycles. The van der Waals surface area contributed by atoms with E-state index in [1.807, 2.05) is 159 Å². The van der Waals surface area contributed by atoms with Gasteiger partial charge in [0.05, 0.1) is 72.3 Å². The van der Waals surface area contributed by atoms with Crippen LogP contribution in [0.4, 0.5) is 0 Å². The average Bonchev–Trinajstić information content (AvgIpc) is 2.31. The number of methoxy groups -OCH3 is 1. The fraction of sp³-hybridized carbons (Fsp3) is 0.470. The van der Waals surface area contributed by atoms with Crippen molar-refractivity contribution in [2.24, 2.45) is 5.92 Å². The highest BCUT2D eigenvalue weighted by molar-refractivity contribution is 5.79. The monoisotopic (exact) mass is 1200 g/mol. The lowest BCUT2D eigenvalue weighted by Crippen LogP contribution is -2.66. The number of hydrogen-bond donors (Lipinski definition) is 1. The molecule has 466 valence electrons. The van der Waals surface area contributed by atoms with Crippen LogP contribution in [0, 0.1) is 5.92 Å². The lowest BCUT2D eigenvalue weighted by atomic mass is 9.82. The first kappa shape index (κ1) is 64.5. The Balaban J connectivity index is 1.11. The van der Waals surface area contributed by atoms with Crippen molar-refractivity contribution in [1.29, 1.82) is 0 Å². The van der Waals surface area contributed by atoms with Gasteiger partial charge in [-0.3, -0.25) is 19.2 Å². The van der Waals surface area contributed by atoms with Gasteiger partial charge in [-0.15, -0.1) is 0 Å². The highest BCUT2D eigenvalue weighted by Gasteiger charge is 2.62. The second-order valence-corrected chi connectivity index (χ2v) is 21.8. The van der Waals surface area contributed by atoms with Crippen LogP contribution in [-0.2, 0) is 128 Å². The van der Waals surface area contributed by atoms with E-state index in [0.29, 0.717) is 0 Å². The lowest BCUT2D eigenvalue weighted by Gasteiger charge is -2.50. The van der Waals surface area contributed by atoms with E-state index in [2.05, 4.69) is 0 Å². The van der Waals surface area contributed by atoms with Crippen LogP contribution in [0.2, 0.25) is 0 Å². The zero-order chi connectivity index (χ0) is 61.3. The van der Waals surface area contributed by atoms with Crippen LogP contribution in [0.15, 0.2) is 152 Å². The van der Waals surface area contributed by atoms with Gasteiger partial charge in [0.2, 0.25) is 0 Å². The van der Waals surface area contributed by atoms with Crippen molar-refractivity contribution in [2.75, 3.05) is 26.9 Å². The summed E-state index contributed by atoms with van der Waals surface area (Å²) in [4.78, 5) is 65.4. The number of carbonyl (C=O) groups is 5. The Kier molecular flexibility index (Phi) is 23.2. The Morgan fingerprint density at radius 1 is 0.586 bits per heavy atom. The van der Waals surface area contributed by atoms with Gasteiger partial charge in [0.25, 0.3) is 5.79 Å². The highest BCUT2D eigenvalue weighted by atomic mass is 16.8. The molecule has 0 aromatic heterocycles. The Morgan fingerprint density at radius 3 is 1.59 bits per heavy atom. The maximum absolute atomic E-state index is 14.5. The van der Waals surface area contributed by atoms with Gasteiger partial charge in [0, 0.05) is 26.7 Å². The lowest BCUT2D eigenvalue weighted by molar-refractivity contribution is -0.368. The van der Waals surface area contributed by atoms with Gasteiger partial charge in [-0.1, -0.05) is 152 Å². The minimum atomic E-state index is -2.51. The summed E-state index contributed by atoms with van der Waals surface area (Å²) in [6.07, 6.45) is -17.8. The average molecular weight is 1210 g/mol. The molecule has 21 heteroatoms. The largest absolute Gasteiger partial charge is 0.465 e. The summed E-state index contributed by atoms with van der Waals surface area (Å²) in [6, 6.07) is 47.7. The maximum atomic E-state index is 14.5. The number of fused-ring (bicyclic) bond motifs is 1. The minimum absolute atomic E-state index is 0.00359. The van der Waals surface area contributed by atoms with Crippen LogP contribution < -0.4 is 0 Å². The Labute approximate surface area is 505 Å². The Bertz CT molecular complexity index is 2960. The Morgan fingerprint density at radius 2 is 1.08 bits per heavy atom. The normalized spacial score (nSPS) is 28.5. The fourth-order valence-electron chi connectivity index (χ4n) is 11.3. The molecular weight excluding hydrogens is 1130 g/mol. The molecule has 4 aliphatic rings. The summed E-state index contributed by atoms with van der Waals surface area (Å²) in [5, 5.41) is 12.9. The smallest absolute Gasteiger partial charge is 0.366 e. The molecule has 16 atom stereocenters. The van der Waals surface area contributed by atoms with Crippen molar-refractivity contribution < 1.29 is 100 Å². The van der Waals surface area contributed by atoms with Gasteiger partial charge in [-0.05, 0) is 34.7 Å². The number of esters is 5. The molecule has 0 saturated carbocycles. The van der Waals surface area contributed by atoms with Crippen molar-refractivity contribution in [3.05, 3.63) is 179 Å². The number of ether oxygens (including phenoxy) is 15. The number of hydrogen-bond acceptors (Lipinski definition) is 21. The molecule has 1 N–H and O–H groups in total. The fourth-order valence-corrected chi connectivity index (χ4v) is 11.3. The second kappa shape index (κ2) is 31.3. The summed E-state index contributed by atoms with van der Waals surface area (Å²) in [5.74, 6) is -7.72. The first-order chi connectivity index (χ1) is 42.2. The number of carbonyl (C=O) groups excluding carboxylic acids is 5. The standard InChI is InChI=1S/C66H76O21/c1-41-57(76-34-46-23-13-7-14-24-46)62(78-36-48-27-17-9-18-28-48)60(53(81-41)38-74-33-45-21-11-6-12-22-45)86-64-63(79-37-49-29-19-10-20-30-49)61(77-35-47-25-15-8-16-26-47)56(71)52(85-64)40-80-66(65(72)73-5)32-51-50(31-55(70)84-51)58(87-66)59(83-44(4)69)54(82-43(3)68)39-75-42(2)67/h6-30,41,50-54,56-64,71H,31-40H2,1-5H3. The van der Waals surface area contributed by atoms with Crippen LogP contribution >= 0.6 is 0 Å². The van der Waals surface area contributed by atoms with E-state index in [4.69, 9.17) is 71.1 Å². The summed E-state index contributed by atoms with van der Waals surface area (Å²) < 4.78 is 96.1. The zero-order valence-electron chi connectivity index (χ0n) is 49.3. The minimum Gasteiger partial charge on any atom is -0.465 e. The quantitative estimate of drug-likeness (QED) is 0.0398. The van der Waals surface area contributed by atoms with E-state index in [1.54, 1.807) is 0 Å². The van der Waals surface area contributed by atoms with Crippen LogP contribution in [0.25, 0.3) is 0 Å². The summed E-state index contributed by atoms with van der Waals surface area (Å²) >= 11 is 0. The first-order valence-corrected chi connectivity index (χ1v) is 29.1. The maximum Gasteiger partial charge on any atom is 0.366 e. The second-order valence-electron chi connectivity index (χ2n) is 21.8. The Hall–Kier alpha value is -6.99. The zero-order valence-corrected chi connectivity index (χ0v) is 49.3. The summed E-state index contributed by atoms with van der Waals surface area (Å²) in [5.41, 5.74) is 4.25. The van der Waals surface area contributed by atoms with E-state index in [-0.39, 0.29) is 46.1 Å². The molecule has 87 heavy (non-hydrogen) atoms. The molecule has 4 heterocycles. The molecule has 5 aromatic rings. The third-order valence-corrected chi connectivity index (χ3v) is 15.4. The van der Waals surface area contributed by atoms with Crippen LogP contribution in [0.5, 0.6) is 0 Å². The van der Waals surface area contributed by atoms with E-state index in [9.17, 15) is 29.1 Å². The number of rotatable bonds is 28. The van der Waals surface area contributed by atoms with Gasteiger partial charge in [-0.25, -0.2) is 4.79 Å². The molecular formula is C66H76O21. The van der Waals surface area contributed by atoms with Crippen LogP contribution in [-0.4, -0.2) is 153 Å². The number of aliphatic hydroxyl groups excluding tert-OH is 1. The van der Waals surface area contributed by atoms with Gasteiger partial charge in [0.15, 0.2) is 18.5 Å². The van der Waals surface area contributed by atoms with Crippen molar-refractivity contribution >= 4 is 29.8 Å². The van der Waals surface area contributed by atoms with E-state index >= 15 is 0 Å². The number of benzene rings is 5. The van der Waals surface area contributed by atoms with E-state index < -0.39 is 147 Å². The molecule has 9 rings (SSSR count). The van der Waals surface area contributed by atoms with Gasteiger partial charge >= 0.3 is 29.8 Å². The third-order valence-electron chi connectivity index (χ3n) is 15.4. The molecule has 0 amide bonds. The summed E-state index contributed by atoms with van der Waals surface area (Å²) in [7, 11) is 1.09. The SMILES string of the molecule is COC(=O)C1(OCC2OC(OC3C(COCc4ccccc4)OC(C)C(OCc4ccccc4)C3OCc3ccccc3)C(OCc3ccccc3)C(OCc3ccccc3)C2O)CC2OC(=O)CC2C(C(OC(C)=O)C(COC(C)=O)OC(C)=O)O1. The van der Waals surface area contributed by atoms with Crippen molar-refractivity contribution in [3.63, 3.8) is 0 Å². The van der Waals surface area contributed by atoms with Crippen molar-refractivity contribution in [2.45, 2.75) is 165 Å². The highest BCUT2D eigenvalue weighted by Crippen LogP contribution is 2.45. The molecule has 4 aliphatic heterocycles. The molecule has 0 radical (unpaired) electrons. The third kappa shape index (κ3) is 17.4. The molecule has 16 unspecified atom stereocenters. The van der Waals surface area contributed by atoms with E-state index in [1.165, 1.54) is 0 Å². The molecule has 0 bridgehead atoms. The topological polar surface area (TPSA) is 244 Å². The first-order valence-electron chi connectivity index (χ1n) is 29.1. The van der Waals surface area contributed by atoms with Gasteiger partial charge in [-0.2, -0.15) is 0 Å². The predicted molar refractivity (Wildman–Crippen MR) is 306 cm³/mol. The number of aliphatic hydroxyl groups is 1. The van der Waals surface area contributed by atoms with Crippen LogP contribution in [0.1, 0.15) is 68.4 Å². The van der Waals surface area contributed by atoms with Crippen molar-refractivity contribution in [3.8, 4) is 0 Å². The van der Waals surface area contributed by atoms with Gasteiger partial charge in [0.1, 0.15) is 67.6 Å².